The van der Waals surface area contributed by atoms with Gasteiger partial charge in [0, 0.05) is 22.2 Å². The van der Waals surface area contributed by atoms with Crippen molar-refractivity contribution in [3.63, 3.8) is 0 Å². The predicted molar refractivity (Wildman–Crippen MR) is 45.9 cm³/mol. The zero-order valence-electron chi connectivity index (χ0n) is 7.25. The zero-order chi connectivity index (χ0) is 9.07. The molecule has 0 aliphatic rings. The SMILES string of the molecule is CN[C@@H](C)C(=O)N=S(C)(C)=O. The molecule has 0 aromatic heterocycles. The van der Waals surface area contributed by atoms with Crippen LogP contribution in [0.3, 0.4) is 0 Å². The summed E-state index contributed by atoms with van der Waals surface area (Å²) >= 11 is 0. The Balaban J connectivity index is 4.44. The highest BCUT2D eigenvalue weighted by Gasteiger charge is 2.09. The molecule has 4 nitrogen and oxygen atoms in total. The summed E-state index contributed by atoms with van der Waals surface area (Å²) in [7, 11) is -0.635. The molecule has 0 spiro atoms. The van der Waals surface area contributed by atoms with E-state index in [9.17, 15) is 9.00 Å². The predicted octanol–water partition coefficient (Wildman–Crippen LogP) is -0.152. The molecule has 11 heavy (non-hydrogen) atoms. The fourth-order valence-electron chi connectivity index (χ4n) is 0.419. The Bertz CT molecular complexity index is 245. The van der Waals surface area contributed by atoms with Gasteiger partial charge in [-0.3, -0.25) is 4.79 Å². The quantitative estimate of drug-likeness (QED) is 0.639. The van der Waals surface area contributed by atoms with E-state index in [0.29, 0.717) is 0 Å². The minimum atomic E-state index is -2.29. The summed E-state index contributed by atoms with van der Waals surface area (Å²) in [5.74, 6) is -0.359. The van der Waals surface area contributed by atoms with E-state index in [0.717, 1.165) is 0 Å². The third-order valence-corrected chi connectivity index (χ3v) is 1.73. The molecule has 0 saturated carbocycles. The topological polar surface area (TPSA) is 58.5 Å². The smallest absolute Gasteiger partial charge is 0.270 e. The molecular formula is C6H14N2O2S. The van der Waals surface area contributed by atoms with Crippen LogP contribution in [-0.2, 0) is 14.5 Å². The highest BCUT2D eigenvalue weighted by atomic mass is 32.2. The second-order valence-corrected chi connectivity index (χ2v) is 5.17. The summed E-state index contributed by atoms with van der Waals surface area (Å²) in [5, 5.41) is 2.72. The summed E-state index contributed by atoms with van der Waals surface area (Å²) in [6, 6.07) is -0.351. The molecule has 0 radical (unpaired) electrons. The maximum absolute atomic E-state index is 11.0. The number of hydrogen-bond donors (Lipinski definition) is 1. The summed E-state index contributed by atoms with van der Waals surface area (Å²) in [6.07, 6.45) is 2.88. The number of nitrogens with one attached hydrogen (secondary N) is 1. The van der Waals surface area contributed by atoms with Crippen molar-refractivity contribution in [1.82, 2.24) is 5.32 Å². The maximum atomic E-state index is 11.0. The maximum Gasteiger partial charge on any atom is 0.270 e. The van der Waals surface area contributed by atoms with Crippen molar-refractivity contribution < 1.29 is 9.00 Å². The fourth-order valence-corrected chi connectivity index (χ4v) is 1.01. The van der Waals surface area contributed by atoms with Gasteiger partial charge in [-0.25, -0.2) is 4.21 Å². The first-order chi connectivity index (χ1) is 4.87. The van der Waals surface area contributed by atoms with Gasteiger partial charge in [-0.05, 0) is 14.0 Å². The fraction of sp³-hybridized carbons (Fsp3) is 0.833. The first kappa shape index (κ1) is 10.6. The second-order valence-electron chi connectivity index (χ2n) is 2.62. The molecular weight excluding hydrogens is 164 g/mol. The van der Waals surface area contributed by atoms with Crippen LogP contribution in [-0.4, -0.2) is 35.7 Å². The van der Waals surface area contributed by atoms with Crippen LogP contribution >= 0.6 is 0 Å². The molecule has 0 aliphatic carbocycles. The lowest BCUT2D eigenvalue weighted by Gasteiger charge is -2.03. The molecule has 66 valence electrons. The van der Waals surface area contributed by atoms with Gasteiger partial charge in [-0.1, -0.05) is 0 Å². The zero-order valence-corrected chi connectivity index (χ0v) is 8.07. The molecule has 1 atom stereocenters. The number of carbonyl (C=O) groups excluding carboxylic acids is 1. The van der Waals surface area contributed by atoms with Crippen LogP contribution in [0.15, 0.2) is 4.36 Å². The van der Waals surface area contributed by atoms with Gasteiger partial charge in [0.25, 0.3) is 5.91 Å². The highest BCUT2D eigenvalue weighted by molar-refractivity contribution is 7.92. The molecule has 0 fully saturated rings. The number of likely N-dealkylation sites (N-methyl/N-ethyl adjacent to an activating group) is 1. The van der Waals surface area contributed by atoms with E-state index in [2.05, 4.69) is 9.68 Å². The first-order valence-corrected chi connectivity index (χ1v) is 5.58. The lowest BCUT2D eigenvalue weighted by Crippen LogP contribution is -2.29. The summed E-state index contributed by atoms with van der Waals surface area (Å²) < 4.78 is 14.5. The number of hydrogen-bond acceptors (Lipinski definition) is 3. The van der Waals surface area contributed by atoms with Crippen LogP contribution in [0, 0.1) is 0 Å². The molecule has 0 saturated heterocycles. The molecule has 0 bridgehead atoms. The number of amides is 1. The Hall–Kier alpha value is -0.420. The second kappa shape index (κ2) is 3.82. The third kappa shape index (κ3) is 4.92. The average molecular weight is 178 g/mol. The largest absolute Gasteiger partial charge is 0.309 e. The van der Waals surface area contributed by atoms with Gasteiger partial charge in [-0.2, -0.15) is 4.36 Å². The molecule has 1 N–H and O–H groups in total. The average Bonchev–Trinajstić information content (AvgIpc) is 1.82. The van der Waals surface area contributed by atoms with E-state index in [1.54, 1.807) is 14.0 Å². The van der Waals surface area contributed by atoms with Crippen molar-refractivity contribution in [2.45, 2.75) is 13.0 Å². The minimum absolute atomic E-state index is 0.351. The molecule has 0 heterocycles. The van der Waals surface area contributed by atoms with Gasteiger partial charge >= 0.3 is 0 Å². The van der Waals surface area contributed by atoms with Gasteiger partial charge in [0.2, 0.25) is 0 Å². The lowest BCUT2D eigenvalue weighted by molar-refractivity contribution is -0.119. The third-order valence-electron chi connectivity index (χ3n) is 1.11. The van der Waals surface area contributed by atoms with E-state index in [-0.39, 0.29) is 11.9 Å². The number of rotatable bonds is 2. The van der Waals surface area contributed by atoms with Crippen LogP contribution in [0.25, 0.3) is 0 Å². The van der Waals surface area contributed by atoms with Gasteiger partial charge in [0.1, 0.15) is 0 Å². The van der Waals surface area contributed by atoms with Crippen molar-refractivity contribution in [2.24, 2.45) is 4.36 Å². The summed E-state index contributed by atoms with van der Waals surface area (Å²) in [6.45, 7) is 1.68. The summed E-state index contributed by atoms with van der Waals surface area (Å²) in [4.78, 5) is 11.0. The Labute approximate surface area is 67.6 Å². The van der Waals surface area contributed by atoms with E-state index in [1.165, 1.54) is 12.5 Å². The van der Waals surface area contributed by atoms with E-state index < -0.39 is 9.73 Å². The molecule has 0 rings (SSSR count). The van der Waals surface area contributed by atoms with Crippen LogP contribution in [0.2, 0.25) is 0 Å². The molecule has 1 amide bonds. The number of carbonyl (C=O) groups is 1. The molecule has 0 aromatic rings. The minimum Gasteiger partial charge on any atom is -0.309 e. The molecule has 0 aliphatic heterocycles. The van der Waals surface area contributed by atoms with Crippen LogP contribution < -0.4 is 5.32 Å². The first-order valence-electron chi connectivity index (χ1n) is 3.25. The van der Waals surface area contributed by atoms with Crippen molar-refractivity contribution in [3.8, 4) is 0 Å². The van der Waals surface area contributed by atoms with Gasteiger partial charge in [0.15, 0.2) is 0 Å². The highest BCUT2D eigenvalue weighted by Crippen LogP contribution is 1.90. The summed E-state index contributed by atoms with van der Waals surface area (Å²) in [5.41, 5.74) is 0. The van der Waals surface area contributed by atoms with Crippen molar-refractivity contribution >= 4 is 15.6 Å². The van der Waals surface area contributed by atoms with E-state index >= 15 is 0 Å². The lowest BCUT2D eigenvalue weighted by atomic mass is 10.3. The Kier molecular flexibility index (Phi) is 3.68. The normalized spacial score (nSPS) is 14.2. The Morgan fingerprint density at radius 1 is 1.55 bits per heavy atom. The van der Waals surface area contributed by atoms with Crippen molar-refractivity contribution in [3.05, 3.63) is 0 Å². The van der Waals surface area contributed by atoms with Crippen LogP contribution in [0.5, 0.6) is 0 Å². The van der Waals surface area contributed by atoms with Crippen molar-refractivity contribution in [2.75, 3.05) is 19.6 Å². The number of nitrogens with zero attached hydrogens (tertiary/aromatic N) is 1. The van der Waals surface area contributed by atoms with Crippen molar-refractivity contribution in [1.29, 1.82) is 0 Å². The molecule has 0 aromatic carbocycles. The Morgan fingerprint density at radius 3 is 2.27 bits per heavy atom. The molecule has 0 unspecified atom stereocenters. The van der Waals surface area contributed by atoms with Gasteiger partial charge < -0.3 is 5.32 Å². The van der Waals surface area contributed by atoms with E-state index in [1.807, 2.05) is 0 Å². The monoisotopic (exact) mass is 178 g/mol. The van der Waals surface area contributed by atoms with E-state index in [4.69, 9.17) is 0 Å². The molecule has 5 heteroatoms. The van der Waals surface area contributed by atoms with Crippen LogP contribution in [0.4, 0.5) is 0 Å². The van der Waals surface area contributed by atoms with Gasteiger partial charge in [-0.15, -0.1) is 0 Å². The van der Waals surface area contributed by atoms with Crippen LogP contribution in [0.1, 0.15) is 6.92 Å². The Morgan fingerprint density at radius 2 is 2.00 bits per heavy atom. The van der Waals surface area contributed by atoms with Gasteiger partial charge in [0.05, 0.1) is 6.04 Å². The standard InChI is InChI=1S/C6H14N2O2S/c1-5(7-2)6(9)8-11(3,4)10/h5,7H,1-4H3/t5-/m0/s1.